The standard InChI is InChI=1S/C15H16ClNO/c1-18-14-8-6-12(7-9-14)11-17-15-5-3-2-4-13(15)10-16/h2-9,17H,10-11H2,1H3. The van der Waals surface area contributed by atoms with Gasteiger partial charge < -0.3 is 10.1 Å². The molecule has 0 aliphatic heterocycles. The Morgan fingerprint density at radius 3 is 2.44 bits per heavy atom. The fourth-order valence-electron chi connectivity index (χ4n) is 1.75. The van der Waals surface area contributed by atoms with Gasteiger partial charge in [0, 0.05) is 18.1 Å². The van der Waals surface area contributed by atoms with Gasteiger partial charge in [0.1, 0.15) is 5.75 Å². The van der Waals surface area contributed by atoms with Crippen molar-refractivity contribution in [2.75, 3.05) is 12.4 Å². The Hall–Kier alpha value is -1.67. The van der Waals surface area contributed by atoms with Gasteiger partial charge in [-0.15, -0.1) is 11.6 Å². The number of methoxy groups -OCH3 is 1. The second-order valence-corrected chi connectivity index (χ2v) is 4.26. The molecule has 0 unspecified atom stereocenters. The van der Waals surface area contributed by atoms with E-state index in [1.807, 2.05) is 36.4 Å². The summed E-state index contributed by atoms with van der Waals surface area (Å²) in [5.41, 5.74) is 3.41. The third-order valence-electron chi connectivity index (χ3n) is 2.80. The van der Waals surface area contributed by atoms with Crippen LogP contribution in [0, 0.1) is 0 Å². The lowest BCUT2D eigenvalue weighted by molar-refractivity contribution is 0.414. The van der Waals surface area contributed by atoms with Crippen LogP contribution in [0.2, 0.25) is 0 Å². The van der Waals surface area contributed by atoms with Crippen LogP contribution < -0.4 is 10.1 Å². The number of rotatable bonds is 5. The van der Waals surface area contributed by atoms with E-state index in [0.29, 0.717) is 5.88 Å². The lowest BCUT2D eigenvalue weighted by Crippen LogP contribution is -2.01. The van der Waals surface area contributed by atoms with Crippen molar-refractivity contribution < 1.29 is 4.74 Å². The molecule has 2 nitrogen and oxygen atoms in total. The van der Waals surface area contributed by atoms with Crippen LogP contribution in [0.5, 0.6) is 5.75 Å². The molecule has 0 atom stereocenters. The minimum Gasteiger partial charge on any atom is -0.497 e. The molecule has 0 aromatic heterocycles. The lowest BCUT2D eigenvalue weighted by atomic mass is 10.1. The fraction of sp³-hybridized carbons (Fsp3) is 0.200. The summed E-state index contributed by atoms with van der Waals surface area (Å²) in [7, 11) is 1.67. The van der Waals surface area contributed by atoms with E-state index in [4.69, 9.17) is 16.3 Å². The molecular formula is C15H16ClNO. The second kappa shape index (κ2) is 6.31. The highest BCUT2D eigenvalue weighted by Gasteiger charge is 2.00. The number of halogens is 1. The van der Waals surface area contributed by atoms with Crippen LogP contribution in [0.3, 0.4) is 0 Å². The number of alkyl halides is 1. The predicted molar refractivity (Wildman–Crippen MR) is 76.3 cm³/mol. The van der Waals surface area contributed by atoms with Crippen LogP contribution in [0.1, 0.15) is 11.1 Å². The van der Waals surface area contributed by atoms with Crippen LogP contribution in [-0.4, -0.2) is 7.11 Å². The van der Waals surface area contributed by atoms with Gasteiger partial charge in [0.2, 0.25) is 0 Å². The summed E-state index contributed by atoms with van der Waals surface area (Å²) in [6.45, 7) is 0.776. The first-order valence-electron chi connectivity index (χ1n) is 5.84. The van der Waals surface area contributed by atoms with Crippen LogP contribution in [0.15, 0.2) is 48.5 Å². The lowest BCUT2D eigenvalue weighted by Gasteiger charge is -2.10. The Labute approximate surface area is 113 Å². The Kier molecular flexibility index (Phi) is 4.48. The molecule has 0 fully saturated rings. The third kappa shape index (κ3) is 3.17. The minimum atomic E-state index is 0.520. The number of anilines is 1. The monoisotopic (exact) mass is 261 g/mol. The zero-order valence-corrected chi connectivity index (χ0v) is 11.1. The summed E-state index contributed by atoms with van der Waals surface area (Å²) in [5.74, 6) is 1.39. The van der Waals surface area contributed by atoms with Crippen molar-refractivity contribution in [3.63, 3.8) is 0 Å². The summed E-state index contributed by atoms with van der Waals surface area (Å²) in [4.78, 5) is 0. The highest BCUT2D eigenvalue weighted by molar-refractivity contribution is 6.17. The molecule has 2 aromatic rings. The zero-order valence-electron chi connectivity index (χ0n) is 10.3. The molecule has 2 aromatic carbocycles. The van der Waals surface area contributed by atoms with E-state index < -0.39 is 0 Å². The Balaban J connectivity index is 2.02. The highest BCUT2D eigenvalue weighted by Crippen LogP contribution is 2.18. The van der Waals surface area contributed by atoms with Gasteiger partial charge in [-0.25, -0.2) is 0 Å². The number of ether oxygens (including phenoxy) is 1. The van der Waals surface area contributed by atoms with Crippen molar-refractivity contribution in [1.29, 1.82) is 0 Å². The summed E-state index contributed by atoms with van der Waals surface area (Å²) in [6.07, 6.45) is 0. The maximum Gasteiger partial charge on any atom is 0.118 e. The van der Waals surface area contributed by atoms with Gasteiger partial charge >= 0.3 is 0 Å². The Bertz CT molecular complexity index is 496. The van der Waals surface area contributed by atoms with Crippen LogP contribution in [0.25, 0.3) is 0 Å². The van der Waals surface area contributed by atoms with E-state index in [1.54, 1.807) is 7.11 Å². The van der Waals surface area contributed by atoms with Crippen molar-refractivity contribution >= 4 is 17.3 Å². The topological polar surface area (TPSA) is 21.3 Å². The molecule has 0 saturated heterocycles. The first-order valence-corrected chi connectivity index (χ1v) is 6.37. The van der Waals surface area contributed by atoms with Gasteiger partial charge in [0.05, 0.1) is 7.11 Å². The summed E-state index contributed by atoms with van der Waals surface area (Å²) >= 11 is 5.90. The van der Waals surface area contributed by atoms with Crippen LogP contribution >= 0.6 is 11.6 Å². The maximum absolute atomic E-state index is 5.90. The van der Waals surface area contributed by atoms with Gasteiger partial charge in [-0.3, -0.25) is 0 Å². The normalized spacial score (nSPS) is 10.1. The smallest absolute Gasteiger partial charge is 0.118 e. The quantitative estimate of drug-likeness (QED) is 0.820. The molecule has 0 amide bonds. The van der Waals surface area contributed by atoms with E-state index in [9.17, 15) is 0 Å². The van der Waals surface area contributed by atoms with Crippen LogP contribution in [-0.2, 0) is 12.4 Å². The molecule has 94 valence electrons. The molecule has 0 aliphatic carbocycles. The second-order valence-electron chi connectivity index (χ2n) is 3.99. The van der Waals surface area contributed by atoms with Crippen LogP contribution in [0.4, 0.5) is 5.69 Å². The molecule has 0 heterocycles. The minimum absolute atomic E-state index is 0.520. The molecule has 0 bridgehead atoms. The number of para-hydroxylation sites is 1. The zero-order chi connectivity index (χ0) is 12.8. The number of hydrogen-bond donors (Lipinski definition) is 1. The third-order valence-corrected chi connectivity index (χ3v) is 3.09. The van der Waals surface area contributed by atoms with Crippen molar-refractivity contribution in [2.45, 2.75) is 12.4 Å². The highest BCUT2D eigenvalue weighted by atomic mass is 35.5. The first-order chi connectivity index (χ1) is 8.83. The van der Waals surface area contributed by atoms with E-state index in [2.05, 4.69) is 17.4 Å². The van der Waals surface area contributed by atoms with Crippen molar-refractivity contribution in [1.82, 2.24) is 0 Å². The number of hydrogen-bond acceptors (Lipinski definition) is 2. The first kappa shape index (κ1) is 12.8. The Morgan fingerprint density at radius 1 is 1.06 bits per heavy atom. The van der Waals surface area contributed by atoms with Gasteiger partial charge in [0.25, 0.3) is 0 Å². The van der Waals surface area contributed by atoms with E-state index >= 15 is 0 Å². The summed E-state index contributed by atoms with van der Waals surface area (Å²) in [5, 5.41) is 3.39. The SMILES string of the molecule is COc1ccc(CNc2ccccc2CCl)cc1. The molecule has 18 heavy (non-hydrogen) atoms. The number of nitrogens with one attached hydrogen (secondary N) is 1. The van der Waals surface area contributed by atoms with Gasteiger partial charge in [0.15, 0.2) is 0 Å². The summed E-state index contributed by atoms with van der Waals surface area (Å²) in [6, 6.07) is 16.1. The van der Waals surface area contributed by atoms with E-state index in [-0.39, 0.29) is 0 Å². The fourth-order valence-corrected chi connectivity index (χ4v) is 1.98. The average Bonchev–Trinajstić information content (AvgIpc) is 2.46. The molecule has 0 saturated carbocycles. The molecule has 1 N–H and O–H groups in total. The molecular weight excluding hydrogens is 246 g/mol. The van der Waals surface area contributed by atoms with E-state index in [1.165, 1.54) is 5.56 Å². The number of benzene rings is 2. The molecule has 0 spiro atoms. The Morgan fingerprint density at radius 2 is 1.78 bits per heavy atom. The molecule has 3 heteroatoms. The molecule has 2 rings (SSSR count). The largest absolute Gasteiger partial charge is 0.497 e. The van der Waals surface area contributed by atoms with Gasteiger partial charge in [-0.2, -0.15) is 0 Å². The van der Waals surface area contributed by atoms with Gasteiger partial charge in [-0.05, 0) is 29.3 Å². The predicted octanol–water partition coefficient (Wildman–Crippen LogP) is 4.05. The van der Waals surface area contributed by atoms with Crippen molar-refractivity contribution in [3.8, 4) is 5.75 Å². The van der Waals surface area contributed by atoms with Crippen molar-refractivity contribution in [2.24, 2.45) is 0 Å². The molecule has 0 aliphatic rings. The average molecular weight is 262 g/mol. The maximum atomic E-state index is 5.90. The van der Waals surface area contributed by atoms with Crippen molar-refractivity contribution in [3.05, 3.63) is 59.7 Å². The summed E-state index contributed by atoms with van der Waals surface area (Å²) < 4.78 is 5.13. The van der Waals surface area contributed by atoms with E-state index in [0.717, 1.165) is 23.5 Å². The molecule has 0 radical (unpaired) electrons. The van der Waals surface area contributed by atoms with Gasteiger partial charge in [-0.1, -0.05) is 30.3 Å².